The monoisotopic (exact) mass is 266 g/mol. The lowest BCUT2D eigenvalue weighted by Gasteiger charge is -2.03. The molecule has 0 spiro atoms. The Balaban J connectivity index is 2.55. The largest absolute Gasteiger partial charge is 0.345 e. The highest BCUT2D eigenvalue weighted by atomic mass is 32.2. The van der Waals surface area contributed by atoms with Gasteiger partial charge in [-0.15, -0.1) is 6.42 Å². The maximum absolute atomic E-state index is 11.3. The molecular weight excluding hydrogens is 252 g/mol. The minimum Gasteiger partial charge on any atom is -0.345 e. The van der Waals surface area contributed by atoms with Gasteiger partial charge in [-0.3, -0.25) is 4.79 Å². The fourth-order valence-electron chi connectivity index (χ4n) is 1.34. The van der Waals surface area contributed by atoms with Gasteiger partial charge in [0.05, 0.1) is 11.4 Å². The Morgan fingerprint density at radius 2 is 1.94 bits per heavy atom. The number of amides is 1. The number of primary sulfonamides is 1. The number of hydrogen-bond acceptors (Lipinski definition) is 3. The summed E-state index contributed by atoms with van der Waals surface area (Å²) in [4.78, 5) is 11.3. The molecule has 0 saturated heterocycles. The third kappa shape index (κ3) is 4.57. The molecule has 1 aromatic carbocycles. The number of aryl methyl sites for hydroxylation is 1. The Kier molecular flexibility index (Phi) is 4.89. The predicted molar refractivity (Wildman–Crippen MR) is 68.0 cm³/mol. The molecule has 96 valence electrons. The van der Waals surface area contributed by atoms with Crippen LogP contribution in [0.25, 0.3) is 0 Å². The number of carbonyl (C=O) groups excluding carboxylic acids is 1. The summed E-state index contributed by atoms with van der Waals surface area (Å²) >= 11 is 0. The highest BCUT2D eigenvalue weighted by Crippen LogP contribution is 2.10. The molecule has 5 nitrogen and oxygen atoms in total. The van der Waals surface area contributed by atoms with Crippen molar-refractivity contribution in [3.05, 3.63) is 29.8 Å². The molecule has 1 aromatic rings. The van der Waals surface area contributed by atoms with Crippen molar-refractivity contribution in [3.8, 4) is 12.3 Å². The van der Waals surface area contributed by atoms with Crippen molar-refractivity contribution in [1.82, 2.24) is 5.32 Å². The van der Waals surface area contributed by atoms with E-state index in [1.54, 1.807) is 12.1 Å². The molecule has 0 fully saturated rings. The lowest BCUT2D eigenvalue weighted by atomic mass is 10.1. The van der Waals surface area contributed by atoms with Crippen LogP contribution in [0.3, 0.4) is 0 Å². The molecule has 0 aliphatic heterocycles. The molecule has 0 radical (unpaired) electrons. The molecule has 0 saturated carbocycles. The van der Waals surface area contributed by atoms with Crippen LogP contribution >= 0.6 is 0 Å². The molecule has 0 aliphatic carbocycles. The van der Waals surface area contributed by atoms with E-state index in [0.29, 0.717) is 12.8 Å². The van der Waals surface area contributed by atoms with E-state index in [-0.39, 0.29) is 17.3 Å². The van der Waals surface area contributed by atoms with Crippen LogP contribution in [0.2, 0.25) is 0 Å². The molecule has 1 rings (SSSR count). The quantitative estimate of drug-likeness (QED) is 0.736. The molecule has 0 unspecified atom stereocenters. The van der Waals surface area contributed by atoms with E-state index in [2.05, 4.69) is 11.2 Å². The Morgan fingerprint density at radius 3 is 2.44 bits per heavy atom. The Bertz CT molecular complexity index is 556. The minimum atomic E-state index is -3.66. The number of hydrogen-bond donors (Lipinski definition) is 2. The average molecular weight is 266 g/mol. The van der Waals surface area contributed by atoms with Gasteiger partial charge in [0.25, 0.3) is 0 Å². The van der Waals surface area contributed by atoms with Gasteiger partial charge in [-0.05, 0) is 24.1 Å². The maximum atomic E-state index is 11.3. The summed E-state index contributed by atoms with van der Waals surface area (Å²) in [5, 5.41) is 7.52. The summed E-state index contributed by atoms with van der Waals surface area (Å²) < 4.78 is 22.0. The van der Waals surface area contributed by atoms with Crippen LogP contribution in [0.1, 0.15) is 12.0 Å². The van der Waals surface area contributed by atoms with Gasteiger partial charge in [0.1, 0.15) is 0 Å². The van der Waals surface area contributed by atoms with E-state index in [1.807, 2.05) is 0 Å². The van der Waals surface area contributed by atoms with Gasteiger partial charge in [-0.2, -0.15) is 0 Å². The van der Waals surface area contributed by atoms with Gasteiger partial charge in [0, 0.05) is 6.42 Å². The van der Waals surface area contributed by atoms with Gasteiger partial charge in [-0.25, -0.2) is 13.6 Å². The fraction of sp³-hybridized carbons (Fsp3) is 0.250. The molecule has 0 atom stereocenters. The summed E-state index contributed by atoms with van der Waals surface area (Å²) in [6, 6.07) is 6.11. The Hall–Kier alpha value is -1.84. The summed E-state index contributed by atoms with van der Waals surface area (Å²) in [7, 11) is -3.66. The average Bonchev–Trinajstić information content (AvgIpc) is 2.33. The number of terminal acetylenes is 1. The van der Waals surface area contributed by atoms with E-state index in [4.69, 9.17) is 11.6 Å². The fourth-order valence-corrected chi connectivity index (χ4v) is 1.86. The van der Waals surface area contributed by atoms with Gasteiger partial charge in [0.15, 0.2) is 0 Å². The molecule has 0 heterocycles. The number of nitrogens with one attached hydrogen (secondary N) is 1. The zero-order chi connectivity index (χ0) is 13.6. The normalized spacial score (nSPS) is 10.7. The molecule has 0 aliphatic rings. The highest BCUT2D eigenvalue weighted by molar-refractivity contribution is 7.89. The van der Waals surface area contributed by atoms with Crippen LogP contribution in [0.5, 0.6) is 0 Å². The van der Waals surface area contributed by atoms with E-state index >= 15 is 0 Å². The standard InChI is InChI=1S/C12H14N2O3S/c1-2-9-14-12(15)8-5-10-3-6-11(7-4-10)18(13,16)17/h1,3-4,6-7H,5,8-9H2,(H,14,15)(H2,13,16,17). The van der Waals surface area contributed by atoms with Crippen molar-refractivity contribution in [3.63, 3.8) is 0 Å². The van der Waals surface area contributed by atoms with Crippen molar-refractivity contribution in [2.45, 2.75) is 17.7 Å². The third-order valence-corrected chi connectivity index (χ3v) is 3.21. The third-order valence-electron chi connectivity index (χ3n) is 2.28. The SMILES string of the molecule is C#CCNC(=O)CCc1ccc(S(N)(=O)=O)cc1. The highest BCUT2D eigenvalue weighted by Gasteiger charge is 2.07. The van der Waals surface area contributed by atoms with Gasteiger partial charge < -0.3 is 5.32 Å². The topological polar surface area (TPSA) is 89.3 Å². The summed E-state index contributed by atoms with van der Waals surface area (Å²) in [5.74, 6) is 2.17. The van der Waals surface area contributed by atoms with Gasteiger partial charge >= 0.3 is 0 Å². The Morgan fingerprint density at radius 1 is 1.33 bits per heavy atom. The van der Waals surface area contributed by atoms with Crippen LogP contribution in [0.4, 0.5) is 0 Å². The lowest BCUT2D eigenvalue weighted by molar-refractivity contribution is -0.120. The number of benzene rings is 1. The smallest absolute Gasteiger partial charge is 0.238 e. The van der Waals surface area contributed by atoms with Crippen molar-refractivity contribution in [2.24, 2.45) is 5.14 Å². The Labute approximate surface area is 106 Å². The summed E-state index contributed by atoms with van der Waals surface area (Å²) in [6.45, 7) is 0.211. The molecular formula is C12H14N2O3S. The van der Waals surface area contributed by atoms with Crippen LogP contribution in [0, 0.1) is 12.3 Å². The number of nitrogens with two attached hydrogens (primary N) is 1. The molecule has 3 N–H and O–H groups in total. The first-order valence-corrected chi connectivity index (χ1v) is 6.80. The van der Waals surface area contributed by atoms with Gasteiger partial charge in [-0.1, -0.05) is 18.1 Å². The van der Waals surface area contributed by atoms with Crippen LogP contribution in [-0.4, -0.2) is 20.9 Å². The zero-order valence-electron chi connectivity index (χ0n) is 9.72. The predicted octanol–water partition coefficient (Wildman–Crippen LogP) is 0.0160. The number of carbonyl (C=O) groups is 1. The van der Waals surface area contributed by atoms with Gasteiger partial charge in [0.2, 0.25) is 15.9 Å². The second-order valence-electron chi connectivity index (χ2n) is 3.67. The molecule has 18 heavy (non-hydrogen) atoms. The molecule has 0 bridgehead atoms. The number of rotatable bonds is 5. The molecule has 6 heteroatoms. The lowest BCUT2D eigenvalue weighted by Crippen LogP contribution is -2.23. The van der Waals surface area contributed by atoms with Crippen molar-refractivity contribution in [2.75, 3.05) is 6.54 Å². The van der Waals surface area contributed by atoms with Crippen molar-refractivity contribution < 1.29 is 13.2 Å². The maximum Gasteiger partial charge on any atom is 0.238 e. The van der Waals surface area contributed by atoms with E-state index in [9.17, 15) is 13.2 Å². The van der Waals surface area contributed by atoms with E-state index < -0.39 is 10.0 Å². The minimum absolute atomic E-state index is 0.0584. The van der Waals surface area contributed by atoms with Crippen molar-refractivity contribution in [1.29, 1.82) is 0 Å². The second kappa shape index (κ2) is 6.19. The van der Waals surface area contributed by atoms with Crippen molar-refractivity contribution >= 4 is 15.9 Å². The first-order valence-electron chi connectivity index (χ1n) is 5.25. The summed E-state index contributed by atoms with van der Waals surface area (Å²) in [5.41, 5.74) is 0.859. The molecule has 0 aromatic heterocycles. The zero-order valence-corrected chi connectivity index (χ0v) is 10.5. The van der Waals surface area contributed by atoms with Crippen LogP contribution < -0.4 is 10.5 Å². The molecule has 1 amide bonds. The van der Waals surface area contributed by atoms with E-state index in [1.165, 1.54) is 12.1 Å². The van der Waals surface area contributed by atoms with Crippen LogP contribution in [-0.2, 0) is 21.2 Å². The summed E-state index contributed by atoms with van der Waals surface area (Å²) in [6.07, 6.45) is 5.83. The first-order chi connectivity index (χ1) is 8.43. The number of sulfonamides is 1. The first kappa shape index (κ1) is 14.2. The van der Waals surface area contributed by atoms with Crippen LogP contribution in [0.15, 0.2) is 29.2 Å². The second-order valence-corrected chi connectivity index (χ2v) is 5.23. The van der Waals surface area contributed by atoms with E-state index in [0.717, 1.165) is 5.56 Å².